The van der Waals surface area contributed by atoms with E-state index in [1.807, 2.05) is 26.8 Å². The van der Waals surface area contributed by atoms with Crippen molar-refractivity contribution in [3.05, 3.63) is 70.3 Å². The number of rotatable bonds is 8. The van der Waals surface area contributed by atoms with Gasteiger partial charge in [-0.15, -0.1) is 0 Å². The topological polar surface area (TPSA) is 96.4 Å². The first-order valence-corrected chi connectivity index (χ1v) is 12.3. The zero-order valence-electron chi connectivity index (χ0n) is 21.1. The van der Waals surface area contributed by atoms with Crippen molar-refractivity contribution in [3.8, 4) is 5.75 Å². The molecule has 0 bridgehead atoms. The number of fused-ring (bicyclic) bond motifs is 1. The second-order valence-corrected chi connectivity index (χ2v) is 9.09. The Hall–Kier alpha value is -3.65. The first-order chi connectivity index (χ1) is 17.3. The van der Waals surface area contributed by atoms with Crippen LogP contribution in [0.4, 0.5) is 0 Å². The summed E-state index contributed by atoms with van der Waals surface area (Å²) in [5.74, 6) is -1.31. The molecule has 2 aliphatic heterocycles. The van der Waals surface area contributed by atoms with E-state index in [9.17, 15) is 19.5 Å². The second-order valence-electron chi connectivity index (χ2n) is 9.09. The molecular weight excluding hydrogens is 460 g/mol. The van der Waals surface area contributed by atoms with Gasteiger partial charge in [0.15, 0.2) is 0 Å². The lowest BCUT2D eigenvalue weighted by molar-refractivity contribution is -0.140. The Kier molecular flexibility index (Phi) is 7.45. The van der Waals surface area contributed by atoms with E-state index in [4.69, 9.17) is 9.47 Å². The number of nitrogens with zero attached hydrogens (tertiary/aromatic N) is 2. The number of Topliss-reactive ketones (excluding diaryl/α,β-unsaturated/α-hetero) is 1. The summed E-state index contributed by atoms with van der Waals surface area (Å²) in [5, 5.41) is 11.4. The van der Waals surface area contributed by atoms with E-state index in [2.05, 4.69) is 4.90 Å². The van der Waals surface area contributed by atoms with Crippen molar-refractivity contribution in [1.29, 1.82) is 0 Å². The molecule has 4 rings (SSSR count). The number of ether oxygens (including phenoxy) is 2. The summed E-state index contributed by atoms with van der Waals surface area (Å²) in [6.07, 6.45) is 0.740. The lowest BCUT2D eigenvalue weighted by Crippen LogP contribution is -2.38. The molecular formula is C28H32N2O6. The predicted octanol–water partition coefficient (Wildman–Crippen LogP) is 3.56. The highest BCUT2D eigenvalue weighted by Gasteiger charge is 2.46. The maximum absolute atomic E-state index is 13.3. The average molecular weight is 493 g/mol. The fourth-order valence-electron chi connectivity index (χ4n) is 4.89. The lowest BCUT2D eigenvalue weighted by Gasteiger charge is -2.28. The van der Waals surface area contributed by atoms with Crippen molar-refractivity contribution in [2.24, 2.45) is 0 Å². The molecule has 1 saturated heterocycles. The molecule has 2 atom stereocenters. The van der Waals surface area contributed by atoms with Crippen LogP contribution < -0.4 is 4.74 Å². The van der Waals surface area contributed by atoms with Crippen molar-refractivity contribution in [2.45, 2.75) is 39.3 Å². The molecule has 2 aromatic rings. The summed E-state index contributed by atoms with van der Waals surface area (Å²) in [5.41, 5.74) is 2.43. The number of esters is 1. The molecule has 8 heteroatoms. The number of hydrogen-bond donors (Lipinski definition) is 1. The van der Waals surface area contributed by atoms with Crippen molar-refractivity contribution >= 4 is 23.4 Å². The van der Waals surface area contributed by atoms with E-state index in [-0.39, 0.29) is 17.4 Å². The van der Waals surface area contributed by atoms with Crippen LogP contribution in [0.1, 0.15) is 53.9 Å². The first-order valence-electron chi connectivity index (χ1n) is 12.3. The summed E-state index contributed by atoms with van der Waals surface area (Å²) in [6.45, 7) is 8.59. The minimum absolute atomic E-state index is 0.0383. The highest BCUT2D eigenvalue weighted by Crippen LogP contribution is 2.40. The van der Waals surface area contributed by atoms with Crippen LogP contribution in [0.2, 0.25) is 0 Å². The standard InChI is InChI=1S/C28H32N2O6/c1-5-29(6-2)13-14-30-24(18-7-9-19(10-8-18)28(34)35-4)23(26(32)27(30)33)25(31)20-11-12-22-21(16-20)15-17(3)36-22/h7-12,16-17,24,31H,5-6,13-15H2,1-4H3/b25-23+. The molecule has 2 aromatic carbocycles. The van der Waals surface area contributed by atoms with Crippen molar-refractivity contribution < 1.29 is 29.0 Å². The van der Waals surface area contributed by atoms with E-state index in [1.165, 1.54) is 12.0 Å². The van der Waals surface area contributed by atoms with E-state index in [0.29, 0.717) is 36.2 Å². The number of methoxy groups -OCH3 is 1. The van der Waals surface area contributed by atoms with Gasteiger partial charge in [0, 0.05) is 25.1 Å². The van der Waals surface area contributed by atoms with Gasteiger partial charge in [-0.25, -0.2) is 4.79 Å². The summed E-state index contributed by atoms with van der Waals surface area (Å²) in [4.78, 5) is 42.1. The minimum Gasteiger partial charge on any atom is -0.507 e. The maximum Gasteiger partial charge on any atom is 0.337 e. The van der Waals surface area contributed by atoms with Gasteiger partial charge in [0.05, 0.1) is 24.3 Å². The predicted molar refractivity (Wildman–Crippen MR) is 135 cm³/mol. The van der Waals surface area contributed by atoms with Crippen molar-refractivity contribution in [3.63, 3.8) is 0 Å². The highest BCUT2D eigenvalue weighted by molar-refractivity contribution is 6.46. The third kappa shape index (κ3) is 4.73. The molecule has 2 heterocycles. The lowest BCUT2D eigenvalue weighted by atomic mass is 9.94. The number of likely N-dealkylation sites (N-methyl/N-ethyl adjacent to an activating group) is 1. The fourth-order valence-corrected chi connectivity index (χ4v) is 4.89. The van der Waals surface area contributed by atoms with Gasteiger partial charge in [-0.1, -0.05) is 26.0 Å². The zero-order chi connectivity index (χ0) is 26.0. The fraction of sp³-hybridized carbons (Fsp3) is 0.393. The monoisotopic (exact) mass is 492 g/mol. The largest absolute Gasteiger partial charge is 0.507 e. The van der Waals surface area contributed by atoms with Crippen molar-refractivity contribution in [1.82, 2.24) is 9.80 Å². The van der Waals surface area contributed by atoms with Gasteiger partial charge >= 0.3 is 5.97 Å². The van der Waals surface area contributed by atoms with E-state index >= 15 is 0 Å². The Balaban J connectivity index is 1.78. The van der Waals surface area contributed by atoms with E-state index < -0.39 is 23.7 Å². The number of amides is 1. The number of carbonyl (C=O) groups is 3. The summed E-state index contributed by atoms with van der Waals surface area (Å²) >= 11 is 0. The molecule has 0 aromatic heterocycles. The molecule has 0 radical (unpaired) electrons. The van der Waals surface area contributed by atoms with Gasteiger partial charge in [0.1, 0.15) is 17.6 Å². The minimum atomic E-state index is -0.782. The summed E-state index contributed by atoms with van der Waals surface area (Å²) < 4.78 is 10.5. The molecule has 1 amide bonds. The van der Waals surface area contributed by atoms with Crippen LogP contribution in [-0.2, 0) is 20.7 Å². The number of aliphatic hydroxyl groups excluding tert-OH is 1. The molecule has 2 unspecified atom stereocenters. The smallest absolute Gasteiger partial charge is 0.337 e. The number of aliphatic hydroxyl groups is 1. The molecule has 190 valence electrons. The number of benzene rings is 2. The van der Waals surface area contributed by atoms with Crippen LogP contribution in [-0.4, -0.2) is 72.0 Å². The Morgan fingerprint density at radius 3 is 2.42 bits per heavy atom. The average Bonchev–Trinajstić information content (AvgIpc) is 3.39. The molecule has 2 aliphatic rings. The highest BCUT2D eigenvalue weighted by atomic mass is 16.5. The van der Waals surface area contributed by atoms with Gasteiger partial charge in [0.25, 0.3) is 11.7 Å². The maximum atomic E-state index is 13.3. The summed E-state index contributed by atoms with van der Waals surface area (Å²) in [6, 6.07) is 11.1. The molecule has 1 N–H and O–H groups in total. The Bertz CT molecular complexity index is 1200. The number of carbonyl (C=O) groups excluding carboxylic acids is 3. The van der Waals surface area contributed by atoms with Crippen LogP contribution in [0.3, 0.4) is 0 Å². The third-order valence-electron chi connectivity index (χ3n) is 6.91. The molecule has 1 fully saturated rings. The number of likely N-dealkylation sites (tertiary alicyclic amines) is 1. The normalized spacial score (nSPS) is 20.5. The molecule has 0 aliphatic carbocycles. The van der Waals surface area contributed by atoms with Crippen LogP contribution in [0.15, 0.2) is 48.0 Å². The Morgan fingerprint density at radius 1 is 1.11 bits per heavy atom. The zero-order valence-corrected chi connectivity index (χ0v) is 21.1. The first kappa shape index (κ1) is 25.4. The van der Waals surface area contributed by atoms with E-state index in [1.54, 1.807) is 36.4 Å². The molecule has 36 heavy (non-hydrogen) atoms. The molecule has 8 nitrogen and oxygen atoms in total. The van der Waals surface area contributed by atoms with Gasteiger partial charge in [-0.2, -0.15) is 0 Å². The van der Waals surface area contributed by atoms with Crippen LogP contribution in [0, 0.1) is 0 Å². The summed E-state index contributed by atoms with van der Waals surface area (Å²) in [7, 11) is 1.31. The molecule has 0 spiro atoms. The van der Waals surface area contributed by atoms with Crippen LogP contribution in [0.5, 0.6) is 5.75 Å². The number of hydrogen-bond acceptors (Lipinski definition) is 7. The SMILES string of the molecule is CCN(CC)CCN1C(=O)C(=O)/C(=C(/O)c2ccc3c(c2)CC(C)O3)C1c1ccc(C(=O)OC)cc1. The van der Waals surface area contributed by atoms with Crippen molar-refractivity contribution in [2.75, 3.05) is 33.3 Å². The van der Waals surface area contributed by atoms with Gasteiger partial charge < -0.3 is 24.4 Å². The quantitative estimate of drug-likeness (QED) is 0.261. The molecule has 0 saturated carbocycles. The van der Waals surface area contributed by atoms with Gasteiger partial charge in [0.2, 0.25) is 0 Å². The van der Waals surface area contributed by atoms with Crippen LogP contribution >= 0.6 is 0 Å². The Morgan fingerprint density at radius 2 is 1.78 bits per heavy atom. The third-order valence-corrected chi connectivity index (χ3v) is 6.91. The van der Waals surface area contributed by atoms with Crippen LogP contribution in [0.25, 0.3) is 5.76 Å². The second kappa shape index (κ2) is 10.5. The van der Waals surface area contributed by atoms with E-state index in [0.717, 1.165) is 24.4 Å². The van der Waals surface area contributed by atoms with Gasteiger partial charge in [-0.3, -0.25) is 9.59 Å². The Labute approximate surface area is 211 Å². The van der Waals surface area contributed by atoms with Gasteiger partial charge in [-0.05, 0) is 61.5 Å². The number of ketones is 1.